The third kappa shape index (κ3) is 2.66. The number of halogens is 1. The van der Waals surface area contributed by atoms with Gasteiger partial charge in [0.15, 0.2) is 0 Å². The molecule has 4 nitrogen and oxygen atoms in total. The van der Waals surface area contributed by atoms with Gasteiger partial charge >= 0.3 is 5.97 Å². The summed E-state index contributed by atoms with van der Waals surface area (Å²) in [6, 6.07) is 2.05. The summed E-state index contributed by atoms with van der Waals surface area (Å²) in [7, 11) is 0. The Morgan fingerprint density at radius 3 is 2.94 bits per heavy atom. The number of carbonyl (C=O) groups excluding carboxylic acids is 1. The number of imidazole rings is 1. The van der Waals surface area contributed by atoms with Crippen molar-refractivity contribution in [2.24, 2.45) is 0 Å². The van der Waals surface area contributed by atoms with Crippen molar-refractivity contribution >= 4 is 27.5 Å². The van der Waals surface area contributed by atoms with Crippen LogP contribution in [0.25, 0.3) is 5.65 Å². The summed E-state index contributed by atoms with van der Waals surface area (Å²) in [6.45, 7) is 3.70. The lowest BCUT2D eigenvalue weighted by Crippen LogP contribution is -1.98. The van der Waals surface area contributed by atoms with Crippen LogP contribution in [0, 0.1) is 0 Å². The highest BCUT2D eigenvalue weighted by molar-refractivity contribution is 9.10. The Hall–Kier alpha value is -1.36. The molecule has 90 valence electrons. The molecule has 0 radical (unpaired) electrons. The zero-order valence-electron chi connectivity index (χ0n) is 9.74. The van der Waals surface area contributed by atoms with E-state index in [2.05, 4.69) is 33.9 Å². The molecule has 2 aromatic heterocycles. The van der Waals surface area contributed by atoms with Crippen molar-refractivity contribution in [3.8, 4) is 0 Å². The van der Waals surface area contributed by atoms with E-state index in [0.29, 0.717) is 0 Å². The van der Waals surface area contributed by atoms with E-state index in [1.54, 1.807) is 0 Å². The average Bonchev–Trinajstić information content (AvgIpc) is 2.67. The fourth-order valence-corrected chi connectivity index (χ4v) is 2.18. The van der Waals surface area contributed by atoms with Gasteiger partial charge in [-0.3, -0.25) is 4.79 Å². The molecule has 0 aliphatic heterocycles. The second-order valence-corrected chi connectivity index (χ2v) is 4.70. The summed E-state index contributed by atoms with van der Waals surface area (Å²) in [5.41, 5.74) is 2.83. The van der Waals surface area contributed by atoms with Crippen LogP contribution in [0.1, 0.15) is 25.1 Å². The molecule has 0 amide bonds. The highest BCUT2D eigenvalue weighted by Crippen LogP contribution is 2.18. The minimum absolute atomic E-state index is 0.220. The molecule has 0 N–H and O–H groups in total. The van der Waals surface area contributed by atoms with Crippen LogP contribution in [0.2, 0.25) is 0 Å². The van der Waals surface area contributed by atoms with Crippen LogP contribution in [0.15, 0.2) is 22.9 Å². The van der Waals surface area contributed by atoms with E-state index in [-0.39, 0.29) is 12.6 Å². The highest BCUT2D eigenvalue weighted by Gasteiger charge is 2.07. The smallest absolute Gasteiger partial charge is 0.303 e. The van der Waals surface area contributed by atoms with Gasteiger partial charge < -0.3 is 9.14 Å². The Balaban J connectivity index is 2.39. The number of hydrogen-bond donors (Lipinski definition) is 0. The van der Waals surface area contributed by atoms with E-state index in [4.69, 9.17) is 4.74 Å². The Morgan fingerprint density at radius 2 is 2.29 bits per heavy atom. The molecule has 5 heteroatoms. The molecule has 0 spiro atoms. The normalized spacial score (nSPS) is 10.8. The first-order valence-electron chi connectivity index (χ1n) is 5.39. The summed E-state index contributed by atoms with van der Waals surface area (Å²) >= 11 is 3.46. The second-order valence-electron chi connectivity index (χ2n) is 3.78. The van der Waals surface area contributed by atoms with E-state index >= 15 is 0 Å². The van der Waals surface area contributed by atoms with Crippen molar-refractivity contribution in [3.05, 3.63) is 34.2 Å². The molecule has 0 saturated carbocycles. The lowest BCUT2D eigenvalue weighted by Gasteiger charge is -2.01. The van der Waals surface area contributed by atoms with E-state index in [0.717, 1.165) is 27.8 Å². The molecule has 17 heavy (non-hydrogen) atoms. The van der Waals surface area contributed by atoms with Crippen LogP contribution in [0.3, 0.4) is 0 Å². The van der Waals surface area contributed by atoms with Gasteiger partial charge in [0.05, 0.1) is 5.69 Å². The van der Waals surface area contributed by atoms with Crippen molar-refractivity contribution < 1.29 is 9.53 Å². The number of aromatic nitrogens is 2. The summed E-state index contributed by atoms with van der Waals surface area (Å²) < 4.78 is 7.89. The fourth-order valence-electron chi connectivity index (χ4n) is 1.69. The molecule has 0 fully saturated rings. The number of hydrogen-bond acceptors (Lipinski definition) is 3. The van der Waals surface area contributed by atoms with Gasteiger partial charge in [-0.05, 0) is 34.0 Å². The standard InChI is InChI=1S/C12H13BrN2O2/c1-3-9-4-10(13)5-15-6-11(14-12(9)15)7-17-8(2)16/h4-6H,3,7H2,1-2H3. The van der Waals surface area contributed by atoms with Gasteiger partial charge in [0.1, 0.15) is 12.3 Å². The SMILES string of the molecule is CCc1cc(Br)cn2cc(COC(C)=O)nc12. The molecular formula is C12H13BrN2O2. The third-order valence-electron chi connectivity index (χ3n) is 2.45. The lowest BCUT2D eigenvalue weighted by atomic mass is 10.2. The third-order valence-corrected chi connectivity index (χ3v) is 2.88. The van der Waals surface area contributed by atoms with Crippen molar-refractivity contribution in [3.63, 3.8) is 0 Å². The summed E-state index contributed by atoms with van der Waals surface area (Å²) in [4.78, 5) is 15.2. The van der Waals surface area contributed by atoms with Crippen molar-refractivity contribution in [2.75, 3.05) is 0 Å². The molecule has 0 atom stereocenters. The van der Waals surface area contributed by atoms with Crippen LogP contribution in [-0.4, -0.2) is 15.4 Å². The van der Waals surface area contributed by atoms with Crippen molar-refractivity contribution in [1.82, 2.24) is 9.38 Å². The van der Waals surface area contributed by atoms with Gasteiger partial charge in [-0.25, -0.2) is 4.98 Å². The maximum absolute atomic E-state index is 10.7. The predicted molar refractivity (Wildman–Crippen MR) is 67.7 cm³/mol. The number of esters is 1. The van der Waals surface area contributed by atoms with Crippen LogP contribution in [-0.2, 0) is 22.6 Å². The predicted octanol–water partition coefficient (Wildman–Crippen LogP) is 2.72. The van der Waals surface area contributed by atoms with E-state index in [9.17, 15) is 4.79 Å². The lowest BCUT2D eigenvalue weighted by molar-refractivity contribution is -0.142. The Labute approximate surface area is 108 Å². The number of carbonyl (C=O) groups is 1. The first-order valence-corrected chi connectivity index (χ1v) is 6.19. The van der Waals surface area contributed by atoms with Crippen molar-refractivity contribution in [1.29, 1.82) is 0 Å². The van der Waals surface area contributed by atoms with Gasteiger partial charge in [0.2, 0.25) is 0 Å². The Morgan fingerprint density at radius 1 is 1.53 bits per heavy atom. The average molecular weight is 297 g/mol. The zero-order valence-corrected chi connectivity index (χ0v) is 11.3. The van der Waals surface area contributed by atoms with E-state index in [1.807, 2.05) is 16.8 Å². The van der Waals surface area contributed by atoms with E-state index in [1.165, 1.54) is 6.92 Å². The molecule has 0 bridgehead atoms. The highest BCUT2D eigenvalue weighted by atomic mass is 79.9. The number of rotatable bonds is 3. The number of ether oxygens (including phenoxy) is 1. The quantitative estimate of drug-likeness (QED) is 0.818. The maximum atomic E-state index is 10.7. The fraction of sp³-hybridized carbons (Fsp3) is 0.333. The summed E-state index contributed by atoms with van der Waals surface area (Å²) in [6.07, 6.45) is 4.73. The van der Waals surface area contributed by atoms with Gasteiger partial charge in [-0.15, -0.1) is 0 Å². The largest absolute Gasteiger partial charge is 0.459 e. The Kier molecular flexibility index (Phi) is 3.47. The van der Waals surface area contributed by atoms with Crippen LogP contribution >= 0.6 is 15.9 Å². The summed E-state index contributed by atoms with van der Waals surface area (Å²) in [5.74, 6) is -0.293. The minimum atomic E-state index is -0.293. The molecule has 2 aromatic rings. The first kappa shape index (κ1) is 12.1. The van der Waals surface area contributed by atoms with Gasteiger partial charge in [-0.1, -0.05) is 6.92 Å². The van der Waals surface area contributed by atoms with Gasteiger partial charge in [0.25, 0.3) is 0 Å². The number of aryl methyl sites for hydroxylation is 1. The molecule has 0 aliphatic rings. The van der Waals surface area contributed by atoms with E-state index < -0.39 is 0 Å². The van der Waals surface area contributed by atoms with Gasteiger partial charge in [-0.2, -0.15) is 0 Å². The van der Waals surface area contributed by atoms with Gasteiger partial charge in [0, 0.05) is 23.8 Å². The Bertz CT molecular complexity index is 563. The van der Waals surface area contributed by atoms with Crippen LogP contribution in [0.5, 0.6) is 0 Å². The second kappa shape index (κ2) is 4.87. The number of pyridine rings is 1. The van der Waals surface area contributed by atoms with Crippen molar-refractivity contribution in [2.45, 2.75) is 26.9 Å². The summed E-state index contributed by atoms with van der Waals surface area (Å²) in [5, 5.41) is 0. The topological polar surface area (TPSA) is 43.6 Å². The zero-order chi connectivity index (χ0) is 12.4. The van der Waals surface area contributed by atoms with Crippen LogP contribution in [0.4, 0.5) is 0 Å². The molecule has 0 aromatic carbocycles. The molecule has 2 rings (SSSR count). The molecular weight excluding hydrogens is 284 g/mol. The number of fused-ring (bicyclic) bond motifs is 1. The maximum Gasteiger partial charge on any atom is 0.303 e. The number of nitrogens with zero attached hydrogens (tertiary/aromatic N) is 2. The molecule has 0 unspecified atom stereocenters. The molecule has 0 aliphatic carbocycles. The van der Waals surface area contributed by atoms with Crippen LogP contribution < -0.4 is 0 Å². The first-order chi connectivity index (χ1) is 8.10. The monoisotopic (exact) mass is 296 g/mol. The molecule has 2 heterocycles. The minimum Gasteiger partial charge on any atom is -0.459 e. The molecule has 0 saturated heterocycles.